The van der Waals surface area contributed by atoms with Crippen molar-refractivity contribution in [2.24, 2.45) is 5.73 Å². The second-order valence-electron chi connectivity index (χ2n) is 5.98. The van der Waals surface area contributed by atoms with Gasteiger partial charge in [0.1, 0.15) is 0 Å². The average molecular weight is 326 g/mol. The van der Waals surface area contributed by atoms with Crippen molar-refractivity contribution in [3.05, 3.63) is 29.8 Å². The van der Waals surface area contributed by atoms with Gasteiger partial charge >= 0.3 is 0 Å². The molecule has 6 heteroatoms. The Labute approximate surface area is 137 Å². The Morgan fingerprint density at radius 2 is 1.73 bits per heavy atom. The minimum atomic E-state index is -0.723. The van der Waals surface area contributed by atoms with Gasteiger partial charge < -0.3 is 16.0 Å². The summed E-state index contributed by atoms with van der Waals surface area (Å²) in [5.41, 5.74) is 7.04. The molecular weight excluding hydrogens is 302 g/mol. The van der Waals surface area contributed by atoms with Crippen molar-refractivity contribution in [3.8, 4) is 0 Å². The van der Waals surface area contributed by atoms with Crippen LogP contribution in [-0.2, 0) is 16.0 Å². The Morgan fingerprint density at radius 3 is 2.23 bits per heavy atom. The van der Waals surface area contributed by atoms with Crippen molar-refractivity contribution in [2.75, 3.05) is 19.4 Å². The Bertz CT molecular complexity index is 523. The van der Waals surface area contributed by atoms with Crippen LogP contribution in [0.1, 0.15) is 31.2 Å². The fourth-order valence-electron chi connectivity index (χ4n) is 2.53. The highest BCUT2D eigenvalue weighted by molar-refractivity contribution is 5.98. The molecule has 0 aliphatic heterocycles. The molecule has 1 aliphatic rings. The normalized spacial score (nSPS) is 15.8. The lowest BCUT2D eigenvalue weighted by atomic mass is 9.98. The highest BCUT2D eigenvalue weighted by atomic mass is 35.5. The number of hydrogen-bond donors (Lipinski definition) is 2. The van der Waals surface area contributed by atoms with E-state index in [9.17, 15) is 9.59 Å². The largest absolute Gasteiger partial charge is 0.349 e. The number of nitrogens with zero attached hydrogens (tertiary/aromatic N) is 1. The van der Waals surface area contributed by atoms with E-state index in [1.165, 1.54) is 0 Å². The monoisotopic (exact) mass is 325 g/mol. The third-order valence-electron chi connectivity index (χ3n) is 4.01. The zero-order valence-electron chi connectivity index (χ0n) is 13.1. The summed E-state index contributed by atoms with van der Waals surface area (Å²) in [6.45, 7) is 0. The van der Waals surface area contributed by atoms with Crippen LogP contribution in [0.2, 0.25) is 0 Å². The number of rotatable bonds is 4. The van der Waals surface area contributed by atoms with Gasteiger partial charge in [0.05, 0.1) is 12.0 Å². The summed E-state index contributed by atoms with van der Waals surface area (Å²) >= 11 is 0. The number of benzene rings is 1. The standard InChI is InChI=1S/C16H23N3O2.ClH/c1-19(2)14(20)11-12-5-7-13(8-6-12)18-15(21)16(17)9-3-4-10-16;/h5-8H,3-4,9-11,17H2,1-2H3,(H,18,21);1H. The van der Waals surface area contributed by atoms with Gasteiger partial charge in [0.25, 0.3) is 0 Å². The summed E-state index contributed by atoms with van der Waals surface area (Å²) in [7, 11) is 3.47. The molecule has 2 rings (SSSR count). The van der Waals surface area contributed by atoms with Gasteiger partial charge in [-0.3, -0.25) is 9.59 Å². The molecule has 1 aromatic rings. The van der Waals surface area contributed by atoms with E-state index in [0.29, 0.717) is 6.42 Å². The second-order valence-corrected chi connectivity index (χ2v) is 5.98. The first-order chi connectivity index (χ1) is 9.90. The topological polar surface area (TPSA) is 75.4 Å². The van der Waals surface area contributed by atoms with Gasteiger partial charge in [-0.25, -0.2) is 0 Å². The quantitative estimate of drug-likeness (QED) is 0.888. The van der Waals surface area contributed by atoms with Gasteiger partial charge in [-0.15, -0.1) is 12.4 Å². The number of nitrogens with two attached hydrogens (primary N) is 1. The molecule has 1 aliphatic carbocycles. The molecule has 0 saturated heterocycles. The predicted molar refractivity (Wildman–Crippen MR) is 90.1 cm³/mol. The molecule has 2 amide bonds. The van der Waals surface area contributed by atoms with Gasteiger partial charge in [-0.2, -0.15) is 0 Å². The number of hydrogen-bond acceptors (Lipinski definition) is 3. The lowest BCUT2D eigenvalue weighted by molar-refractivity contribution is -0.128. The van der Waals surface area contributed by atoms with E-state index in [1.54, 1.807) is 19.0 Å². The summed E-state index contributed by atoms with van der Waals surface area (Å²) in [4.78, 5) is 25.4. The zero-order valence-corrected chi connectivity index (χ0v) is 13.9. The van der Waals surface area contributed by atoms with E-state index < -0.39 is 5.54 Å². The van der Waals surface area contributed by atoms with E-state index in [4.69, 9.17) is 5.73 Å². The van der Waals surface area contributed by atoms with E-state index in [0.717, 1.165) is 36.9 Å². The Kier molecular flexibility index (Phi) is 6.38. The van der Waals surface area contributed by atoms with E-state index in [2.05, 4.69) is 5.32 Å². The van der Waals surface area contributed by atoms with Gasteiger partial charge in [0.2, 0.25) is 11.8 Å². The molecule has 1 fully saturated rings. The SMILES string of the molecule is CN(C)C(=O)Cc1ccc(NC(=O)C2(N)CCCC2)cc1.Cl. The molecule has 0 aromatic heterocycles. The number of amides is 2. The van der Waals surface area contributed by atoms with Crippen LogP contribution >= 0.6 is 12.4 Å². The van der Waals surface area contributed by atoms with Gasteiger partial charge in [0, 0.05) is 19.8 Å². The van der Waals surface area contributed by atoms with Crippen molar-refractivity contribution in [3.63, 3.8) is 0 Å². The fourth-order valence-corrected chi connectivity index (χ4v) is 2.53. The number of carbonyl (C=O) groups is 2. The van der Waals surface area contributed by atoms with E-state index in [-0.39, 0.29) is 24.2 Å². The molecule has 0 atom stereocenters. The molecule has 22 heavy (non-hydrogen) atoms. The Balaban J connectivity index is 0.00000242. The molecule has 5 nitrogen and oxygen atoms in total. The molecule has 0 radical (unpaired) electrons. The molecule has 122 valence electrons. The summed E-state index contributed by atoms with van der Waals surface area (Å²) < 4.78 is 0. The number of halogens is 1. The number of nitrogens with one attached hydrogen (secondary N) is 1. The van der Waals surface area contributed by atoms with Crippen LogP contribution in [0, 0.1) is 0 Å². The summed E-state index contributed by atoms with van der Waals surface area (Å²) in [6, 6.07) is 7.34. The van der Waals surface area contributed by atoms with Gasteiger partial charge in [0.15, 0.2) is 0 Å². The van der Waals surface area contributed by atoms with E-state index >= 15 is 0 Å². The minimum Gasteiger partial charge on any atom is -0.349 e. The van der Waals surface area contributed by atoms with Crippen LogP contribution in [0.5, 0.6) is 0 Å². The van der Waals surface area contributed by atoms with Crippen molar-refractivity contribution < 1.29 is 9.59 Å². The minimum absolute atomic E-state index is 0. The molecule has 0 bridgehead atoms. The van der Waals surface area contributed by atoms with Crippen molar-refractivity contribution in [1.29, 1.82) is 0 Å². The lowest BCUT2D eigenvalue weighted by Crippen LogP contribution is -2.48. The maximum Gasteiger partial charge on any atom is 0.244 e. The van der Waals surface area contributed by atoms with Crippen molar-refractivity contribution >= 4 is 29.9 Å². The van der Waals surface area contributed by atoms with E-state index in [1.807, 2.05) is 24.3 Å². The van der Waals surface area contributed by atoms with Crippen molar-refractivity contribution in [2.45, 2.75) is 37.6 Å². The lowest BCUT2D eigenvalue weighted by Gasteiger charge is -2.22. The molecule has 3 N–H and O–H groups in total. The molecule has 0 spiro atoms. The molecule has 0 unspecified atom stereocenters. The Hall–Kier alpha value is -1.59. The number of likely N-dealkylation sites (N-methyl/N-ethyl adjacent to an activating group) is 1. The number of anilines is 1. The first-order valence-electron chi connectivity index (χ1n) is 7.30. The highest BCUT2D eigenvalue weighted by Crippen LogP contribution is 2.28. The predicted octanol–water partition coefficient (Wildman–Crippen LogP) is 1.95. The summed E-state index contributed by atoms with van der Waals surface area (Å²) in [6.07, 6.45) is 3.87. The molecule has 0 heterocycles. The number of carbonyl (C=O) groups excluding carboxylic acids is 2. The smallest absolute Gasteiger partial charge is 0.244 e. The summed E-state index contributed by atoms with van der Waals surface area (Å²) in [5, 5.41) is 2.87. The Morgan fingerprint density at radius 1 is 1.18 bits per heavy atom. The summed E-state index contributed by atoms with van der Waals surface area (Å²) in [5.74, 6) is -0.0595. The van der Waals surface area contributed by atoms with Gasteiger partial charge in [-0.1, -0.05) is 25.0 Å². The van der Waals surface area contributed by atoms with Crippen LogP contribution in [0.15, 0.2) is 24.3 Å². The average Bonchev–Trinajstić information content (AvgIpc) is 2.89. The van der Waals surface area contributed by atoms with Crippen LogP contribution < -0.4 is 11.1 Å². The molecule has 1 aromatic carbocycles. The maximum absolute atomic E-state index is 12.2. The maximum atomic E-state index is 12.2. The van der Waals surface area contributed by atoms with Crippen molar-refractivity contribution in [1.82, 2.24) is 4.90 Å². The third-order valence-corrected chi connectivity index (χ3v) is 4.01. The molecule has 1 saturated carbocycles. The second kappa shape index (κ2) is 7.61. The van der Waals surface area contributed by atoms with Crippen LogP contribution in [0.25, 0.3) is 0 Å². The van der Waals surface area contributed by atoms with Gasteiger partial charge in [-0.05, 0) is 30.5 Å². The highest BCUT2D eigenvalue weighted by Gasteiger charge is 2.36. The van der Waals surface area contributed by atoms with Crippen LogP contribution in [0.4, 0.5) is 5.69 Å². The third kappa shape index (κ3) is 4.45. The van der Waals surface area contributed by atoms with Crippen LogP contribution in [0.3, 0.4) is 0 Å². The van der Waals surface area contributed by atoms with Crippen LogP contribution in [-0.4, -0.2) is 36.3 Å². The zero-order chi connectivity index (χ0) is 15.5. The fraction of sp³-hybridized carbons (Fsp3) is 0.500. The molecular formula is C16H24ClN3O2. The first-order valence-corrected chi connectivity index (χ1v) is 7.30. The first kappa shape index (κ1) is 18.5.